The van der Waals surface area contributed by atoms with E-state index < -0.39 is 5.41 Å². The molecule has 1 saturated heterocycles. The Balaban J connectivity index is 0.00000243. The first-order valence-electron chi connectivity index (χ1n) is 8.66. The maximum absolute atomic E-state index is 12.9. The minimum Gasteiger partial charge on any atom is -0.384 e. The Kier molecular flexibility index (Phi) is 7.29. The van der Waals surface area contributed by atoms with Crippen molar-refractivity contribution in [3.8, 4) is 0 Å². The third-order valence-corrected chi connectivity index (χ3v) is 5.17. The van der Waals surface area contributed by atoms with Crippen molar-refractivity contribution in [3.05, 3.63) is 28.8 Å². The molecule has 144 valence electrons. The highest BCUT2D eigenvalue weighted by atomic mass is 35.5. The number of rotatable bonds is 6. The van der Waals surface area contributed by atoms with Crippen molar-refractivity contribution < 1.29 is 14.3 Å². The standard InChI is InChI=1S/C18H24ClN3O3.ClH/c1-25-11-18(6-8-20-9-7-18)17(24)22-13-4-5-15(19)14(10-13)16(23)21-12-2-3-12;/h4-5,10,12,20H,2-3,6-9,11H2,1H3,(H,21,23)(H,22,24);1H. The smallest absolute Gasteiger partial charge is 0.253 e. The van der Waals surface area contributed by atoms with Gasteiger partial charge < -0.3 is 20.7 Å². The van der Waals surface area contributed by atoms with Crippen molar-refractivity contribution in [1.29, 1.82) is 0 Å². The highest BCUT2D eigenvalue weighted by Crippen LogP contribution is 2.31. The van der Waals surface area contributed by atoms with Crippen LogP contribution in [0.3, 0.4) is 0 Å². The molecule has 0 aromatic heterocycles. The Morgan fingerprint density at radius 3 is 2.62 bits per heavy atom. The van der Waals surface area contributed by atoms with Crippen LogP contribution in [0.2, 0.25) is 5.02 Å². The first-order chi connectivity index (χ1) is 12.0. The summed E-state index contributed by atoms with van der Waals surface area (Å²) in [6.07, 6.45) is 3.45. The van der Waals surface area contributed by atoms with E-state index in [4.69, 9.17) is 16.3 Å². The number of carbonyl (C=O) groups is 2. The molecule has 8 heteroatoms. The second-order valence-electron chi connectivity index (χ2n) is 6.86. The predicted octanol–water partition coefficient (Wildman–Crippen LogP) is 2.61. The second kappa shape index (κ2) is 9.04. The first kappa shape index (κ1) is 21.0. The van der Waals surface area contributed by atoms with E-state index in [0.29, 0.717) is 22.9 Å². The molecule has 26 heavy (non-hydrogen) atoms. The molecule has 2 fully saturated rings. The number of anilines is 1. The van der Waals surface area contributed by atoms with Gasteiger partial charge in [-0.2, -0.15) is 0 Å². The predicted molar refractivity (Wildman–Crippen MR) is 104 cm³/mol. The molecule has 3 rings (SSSR count). The van der Waals surface area contributed by atoms with Gasteiger partial charge in [0.15, 0.2) is 0 Å². The lowest BCUT2D eigenvalue weighted by atomic mass is 9.78. The summed E-state index contributed by atoms with van der Waals surface area (Å²) >= 11 is 6.16. The average Bonchev–Trinajstić information content (AvgIpc) is 3.41. The summed E-state index contributed by atoms with van der Waals surface area (Å²) < 4.78 is 5.30. The van der Waals surface area contributed by atoms with Gasteiger partial charge in [-0.3, -0.25) is 9.59 Å². The Bertz CT molecular complexity index is 654. The molecule has 1 aliphatic carbocycles. The van der Waals surface area contributed by atoms with Crippen LogP contribution in [0.25, 0.3) is 0 Å². The zero-order valence-electron chi connectivity index (χ0n) is 14.8. The van der Waals surface area contributed by atoms with Gasteiger partial charge in [-0.25, -0.2) is 0 Å². The van der Waals surface area contributed by atoms with Crippen molar-refractivity contribution in [3.63, 3.8) is 0 Å². The Morgan fingerprint density at radius 1 is 1.31 bits per heavy atom. The van der Waals surface area contributed by atoms with E-state index in [0.717, 1.165) is 38.8 Å². The monoisotopic (exact) mass is 401 g/mol. The number of hydrogen-bond acceptors (Lipinski definition) is 4. The molecule has 2 amide bonds. The number of hydrogen-bond donors (Lipinski definition) is 3. The summed E-state index contributed by atoms with van der Waals surface area (Å²) in [7, 11) is 1.61. The highest BCUT2D eigenvalue weighted by Gasteiger charge is 2.39. The fourth-order valence-electron chi connectivity index (χ4n) is 3.15. The molecule has 0 radical (unpaired) electrons. The number of methoxy groups -OCH3 is 1. The van der Waals surface area contributed by atoms with Gasteiger partial charge in [0.2, 0.25) is 5.91 Å². The van der Waals surface area contributed by atoms with Crippen molar-refractivity contribution >= 4 is 41.5 Å². The van der Waals surface area contributed by atoms with Crippen LogP contribution in [-0.4, -0.2) is 44.7 Å². The number of benzene rings is 1. The minimum atomic E-state index is -0.546. The zero-order valence-corrected chi connectivity index (χ0v) is 16.3. The van der Waals surface area contributed by atoms with Gasteiger partial charge >= 0.3 is 0 Å². The van der Waals surface area contributed by atoms with Crippen LogP contribution in [0.1, 0.15) is 36.0 Å². The van der Waals surface area contributed by atoms with Crippen LogP contribution in [0, 0.1) is 5.41 Å². The summed E-state index contributed by atoms with van der Waals surface area (Å²) in [6.45, 7) is 1.95. The van der Waals surface area contributed by atoms with Gasteiger partial charge in [-0.15, -0.1) is 12.4 Å². The van der Waals surface area contributed by atoms with Crippen LogP contribution in [0.5, 0.6) is 0 Å². The lowest BCUT2D eigenvalue weighted by Crippen LogP contribution is -2.47. The average molecular weight is 402 g/mol. The maximum atomic E-state index is 12.9. The summed E-state index contributed by atoms with van der Waals surface area (Å²) in [4.78, 5) is 25.2. The minimum absolute atomic E-state index is 0. The van der Waals surface area contributed by atoms with Crippen LogP contribution in [-0.2, 0) is 9.53 Å². The number of ether oxygens (including phenoxy) is 1. The Labute approximate surface area is 164 Å². The quantitative estimate of drug-likeness (QED) is 0.684. The molecule has 0 unspecified atom stereocenters. The molecule has 0 bridgehead atoms. The van der Waals surface area contributed by atoms with Crippen molar-refractivity contribution in [2.75, 3.05) is 32.1 Å². The van der Waals surface area contributed by atoms with Crippen molar-refractivity contribution in [2.24, 2.45) is 5.41 Å². The van der Waals surface area contributed by atoms with Gasteiger partial charge in [-0.05, 0) is 57.0 Å². The Morgan fingerprint density at radius 2 is 2.00 bits per heavy atom. The third-order valence-electron chi connectivity index (χ3n) is 4.84. The molecule has 6 nitrogen and oxygen atoms in total. The van der Waals surface area contributed by atoms with E-state index in [9.17, 15) is 9.59 Å². The zero-order chi connectivity index (χ0) is 17.9. The number of piperidine rings is 1. The molecule has 1 saturated carbocycles. The van der Waals surface area contributed by atoms with E-state index in [-0.39, 0.29) is 30.3 Å². The molecule has 0 spiro atoms. The van der Waals surface area contributed by atoms with Gasteiger partial charge in [0.1, 0.15) is 0 Å². The molecule has 1 aromatic carbocycles. The van der Waals surface area contributed by atoms with Gasteiger partial charge in [0, 0.05) is 18.8 Å². The summed E-state index contributed by atoms with van der Waals surface area (Å²) in [6, 6.07) is 5.25. The number of carbonyl (C=O) groups excluding carboxylic acids is 2. The van der Waals surface area contributed by atoms with E-state index in [2.05, 4.69) is 16.0 Å². The van der Waals surface area contributed by atoms with E-state index >= 15 is 0 Å². The van der Waals surface area contributed by atoms with Crippen molar-refractivity contribution in [2.45, 2.75) is 31.7 Å². The molecule has 3 N–H and O–H groups in total. The fourth-order valence-corrected chi connectivity index (χ4v) is 3.35. The van der Waals surface area contributed by atoms with Crippen molar-refractivity contribution in [1.82, 2.24) is 10.6 Å². The first-order valence-corrected chi connectivity index (χ1v) is 9.03. The lowest BCUT2D eigenvalue weighted by molar-refractivity contribution is -0.130. The highest BCUT2D eigenvalue weighted by molar-refractivity contribution is 6.34. The molecule has 1 aliphatic heterocycles. The van der Waals surface area contributed by atoms with E-state index in [1.54, 1.807) is 25.3 Å². The van der Waals surface area contributed by atoms with Crippen LogP contribution >= 0.6 is 24.0 Å². The van der Waals surface area contributed by atoms with E-state index in [1.807, 2.05) is 0 Å². The second-order valence-corrected chi connectivity index (χ2v) is 7.27. The molecular formula is C18H25Cl2N3O3. The van der Waals surface area contributed by atoms with Crippen LogP contribution < -0.4 is 16.0 Å². The van der Waals surface area contributed by atoms with Gasteiger partial charge in [-0.1, -0.05) is 11.6 Å². The third kappa shape index (κ3) is 4.88. The molecular weight excluding hydrogens is 377 g/mol. The lowest BCUT2D eigenvalue weighted by Gasteiger charge is -2.35. The largest absolute Gasteiger partial charge is 0.384 e. The number of amides is 2. The van der Waals surface area contributed by atoms with Crippen LogP contribution in [0.15, 0.2) is 18.2 Å². The fraction of sp³-hybridized carbons (Fsp3) is 0.556. The molecule has 0 atom stereocenters. The number of halogens is 2. The normalized spacial score (nSPS) is 18.5. The number of nitrogens with one attached hydrogen (secondary N) is 3. The van der Waals surface area contributed by atoms with Gasteiger partial charge in [0.25, 0.3) is 5.91 Å². The summed E-state index contributed by atoms with van der Waals surface area (Å²) in [5, 5.41) is 9.51. The van der Waals surface area contributed by atoms with E-state index in [1.165, 1.54) is 0 Å². The molecule has 2 aliphatic rings. The Hall–Kier alpha value is -1.34. The van der Waals surface area contributed by atoms with Gasteiger partial charge in [0.05, 0.1) is 22.6 Å². The molecule has 1 heterocycles. The van der Waals surface area contributed by atoms with Crippen LogP contribution in [0.4, 0.5) is 5.69 Å². The summed E-state index contributed by atoms with van der Waals surface area (Å²) in [5.74, 6) is -0.274. The summed E-state index contributed by atoms with van der Waals surface area (Å²) in [5.41, 5.74) is 0.414. The maximum Gasteiger partial charge on any atom is 0.253 e. The topological polar surface area (TPSA) is 79.5 Å². The molecule has 1 aromatic rings. The SMILES string of the molecule is COCC1(C(=O)Nc2ccc(Cl)c(C(=O)NC3CC3)c2)CCNCC1.Cl.